The van der Waals surface area contributed by atoms with Crippen LogP contribution in [0.15, 0.2) is 12.3 Å². The van der Waals surface area contributed by atoms with Gasteiger partial charge in [0.05, 0.1) is 12.0 Å². The van der Waals surface area contributed by atoms with Crippen molar-refractivity contribution >= 4 is 21.8 Å². The van der Waals surface area contributed by atoms with Crippen LogP contribution in [0.25, 0.3) is 0 Å². The minimum absolute atomic E-state index is 0.0236. The Balaban J connectivity index is 1.65. The van der Waals surface area contributed by atoms with Gasteiger partial charge in [-0.2, -0.15) is 0 Å². The van der Waals surface area contributed by atoms with E-state index >= 15 is 0 Å². The van der Waals surface area contributed by atoms with Crippen molar-refractivity contribution in [3.8, 4) is 23.7 Å². The van der Waals surface area contributed by atoms with Gasteiger partial charge in [-0.1, -0.05) is 18.8 Å². The summed E-state index contributed by atoms with van der Waals surface area (Å²) < 4.78 is 23.8. The van der Waals surface area contributed by atoms with Gasteiger partial charge in [0.15, 0.2) is 14.6 Å². The molecule has 32 heavy (non-hydrogen) atoms. The Kier molecular flexibility index (Phi) is 6.43. The zero-order valence-electron chi connectivity index (χ0n) is 18.7. The molecule has 3 rings (SSSR count). The summed E-state index contributed by atoms with van der Waals surface area (Å²) in [5.41, 5.74) is 2.84. The fraction of sp³-hybridized carbons (Fsp3) is 0.545. The number of hydrogen-bond acceptors (Lipinski definition) is 6. The number of hydrogen-bond donors (Lipinski definition) is 2. The van der Waals surface area contributed by atoms with Crippen LogP contribution in [0.2, 0.25) is 0 Å². The van der Waals surface area contributed by atoms with E-state index in [0.29, 0.717) is 5.56 Å². The molecule has 2 aliphatic heterocycles. The van der Waals surface area contributed by atoms with Crippen molar-refractivity contribution in [3.05, 3.63) is 23.5 Å². The van der Waals surface area contributed by atoms with Crippen molar-refractivity contribution in [2.24, 2.45) is 5.41 Å². The molecule has 1 aromatic heterocycles. The second kappa shape index (κ2) is 8.62. The molecule has 2 N–H and O–H groups in total. The molecule has 2 amide bonds. The lowest BCUT2D eigenvalue weighted by atomic mass is 9.78. The first-order chi connectivity index (χ1) is 14.9. The molecule has 0 unspecified atom stereocenters. The summed E-state index contributed by atoms with van der Waals surface area (Å²) in [6.07, 6.45) is 3.40. The third kappa shape index (κ3) is 4.40. The molecule has 0 bridgehead atoms. The van der Waals surface area contributed by atoms with Gasteiger partial charge >= 0.3 is 6.03 Å². The Hall–Kier alpha value is -2.79. The molecule has 0 saturated carbocycles. The first kappa shape index (κ1) is 23.9. The Morgan fingerprint density at radius 2 is 2.03 bits per heavy atom. The predicted molar refractivity (Wildman–Crippen MR) is 118 cm³/mol. The molecule has 0 spiro atoms. The largest absolute Gasteiger partial charge is 0.328 e. The molecule has 3 heterocycles. The summed E-state index contributed by atoms with van der Waals surface area (Å²) >= 11 is 0. The van der Waals surface area contributed by atoms with Gasteiger partial charge in [-0.3, -0.25) is 14.6 Å². The summed E-state index contributed by atoms with van der Waals surface area (Å²) in [6, 6.07) is 1.48. The summed E-state index contributed by atoms with van der Waals surface area (Å²) in [5.74, 6) is 11.0. The molecule has 2 aliphatic rings. The summed E-state index contributed by atoms with van der Waals surface area (Å²) in [4.78, 5) is 28.3. The number of amides is 2. The maximum absolute atomic E-state index is 12.7. The minimum atomic E-state index is -3.82. The van der Waals surface area contributed by atoms with Gasteiger partial charge in [0.25, 0.3) is 5.91 Å². The third-order valence-corrected chi connectivity index (χ3v) is 8.43. The zero-order valence-corrected chi connectivity index (χ0v) is 19.5. The van der Waals surface area contributed by atoms with Crippen molar-refractivity contribution in [3.63, 3.8) is 0 Å². The highest BCUT2D eigenvalue weighted by Crippen LogP contribution is 2.31. The molecule has 0 aliphatic carbocycles. The summed E-state index contributed by atoms with van der Waals surface area (Å²) in [7, 11) is -1.76. The average Bonchev–Trinajstić information content (AvgIpc) is 3.24. The van der Waals surface area contributed by atoms with Crippen molar-refractivity contribution in [2.75, 3.05) is 32.9 Å². The normalized spacial score (nSPS) is 19.0. The number of nitrogens with one attached hydrogen (secondary N) is 1. The van der Waals surface area contributed by atoms with E-state index in [4.69, 9.17) is 5.21 Å². The molecule has 0 radical (unpaired) electrons. The van der Waals surface area contributed by atoms with Crippen LogP contribution in [0.3, 0.4) is 0 Å². The van der Waals surface area contributed by atoms with Crippen molar-refractivity contribution < 1.29 is 23.2 Å². The van der Waals surface area contributed by atoms with E-state index < -0.39 is 20.5 Å². The standard InChI is InChI=1S/C22H28N4O5S/c1-5-22(15-24(3)16-22)9-7-6-8-17-12-18-14-25(20(28)26(18)13-17)11-10-21(2,19(27)23-29)32(4,30)31/h12-13,29H,5,10-11,14-16H2,1-4H3,(H,23,27)/t21-/m1/s1. The first-order valence-corrected chi connectivity index (χ1v) is 12.2. The van der Waals surface area contributed by atoms with E-state index in [2.05, 4.69) is 42.6 Å². The van der Waals surface area contributed by atoms with E-state index in [-0.39, 0.29) is 31.0 Å². The number of nitrogens with zero attached hydrogens (tertiary/aromatic N) is 3. The number of hydroxylamine groups is 1. The van der Waals surface area contributed by atoms with Crippen LogP contribution in [0.4, 0.5) is 4.79 Å². The van der Waals surface area contributed by atoms with Crippen molar-refractivity contribution in [2.45, 2.75) is 38.0 Å². The fourth-order valence-electron chi connectivity index (χ4n) is 4.05. The van der Waals surface area contributed by atoms with Gasteiger partial charge in [0.2, 0.25) is 0 Å². The molecule has 1 aromatic rings. The number of carbonyl (C=O) groups is 2. The number of carbonyl (C=O) groups excluding carboxylic acids is 2. The van der Waals surface area contributed by atoms with Gasteiger partial charge in [-0.15, -0.1) is 0 Å². The van der Waals surface area contributed by atoms with Crippen molar-refractivity contribution in [1.82, 2.24) is 19.8 Å². The average molecular weight is 461 g/mol. The van der Waals surface area contributed by atoms with Crippen molar-refractivity contribution in [1.29, 1.82) is 0 Å². The third-order valence-electron chi connectivity index (χ3n) is 6.41. The van der Waals surface area contributed by atoms with Gasteiger partial charge in [-0.05, 0) is 44.7 Å². The second-order valence-electron chi connectivity index (χ2n) is 8.79. The molecule has 0 aromatic carbocycles. The maximum atomic E-state index is 12.7. The van der Waals surface area contributed by atoms with Crippen LogP contribution in [0, 0.1) is 29.1 Å². The number of sulfone groups is 1. The lowest BCUT2D eigenvalue weighted by Gasteiger charge is -2.44. The molecule has 1 atom stereocenters. The van der Waals surface area contributed by atoms with E-state index in [1.54, 1.807) is 12.3 Å². The number of rotatable bonds is 6. The summed E-state index contributed by atoms with van der Waals surface area (Å²) in [6.45, 7) is 5.56. The highest BCUT2D eigenvalue weighted by Gasteiger charge is 2.44. The second-order valence-corrected chi connectivity index (χ2v) is 11.2. The smallest absolute Gasteiger partial charge is 0.318 e. The molecular formula is C22H28N4O5S. The van der Waals surface area contributed by atoms with Crippen LogP contribution >= 0.6 is 0 Å². The number of fused-ring (bicyclic) bond motifs is 1. The van der Waals surface area contributed by atoms with Crippen LogP contribution in [-0.2, 0) is 21.2 Å². The monoisotopic (exact) mass is 460 g/mol. The van der Waals surface area contributed by atoms with E-state index in [9.17, 15) is 18.0 Å². The van der Waals surface area contributed by atoms with Gasteiger partial charge < -0.3 is 9.80 Å². The van der Waals surface area contributed by atoms with Crippen LogP contribution in [-0.4, -0.2) is 77.6 Å². The molecular weight excluding hydrogens is 432 g/mol. The van der Waals surface area contributed by atoms with E-state index in [1.807, 2.05) is 0 Å². The molecule has 1 saturated heterocycles. The Morgan fingerprint density at radius 1 is 1.34 bits per heavy atom. The van der Waals surface area contributed by atoms with Crippen LogP contribution in [0.1, 0.15) is 37.9 Å². The van der Waals surface area contributed by atoms with Gasteiger partial charge in [-0.25, -0.2) is 18.7 Å². The maximum Gasteiger partial charge on any atom is 0.328 e. The lowest BCUT2D eigenvalue weighted by Crippen LogP contribution is -2.53. The van der Waals surface area contributed by atoms with Crippen LogP contribution < -0.4 is 5.48 Å². The lowest BCUT2D eigenvalue weighted by molar-refractivity contribution is -0.131. The molecule has 172 valence electrons. The highest BCUT2D eigenvalue weighted by molar-refractivity contribution is 7.92. The topological polar surface area (TPSA) is 112 Å². The van der Waals surface area contributed by atoms with Gasteiger partial charge in [0.1, 0.15) is 0 Å². The number of likely N-dealkylation sites (tertiary alicyclic amines) is 1. The fourth-order valence-corrected chi connectivity index (χ4v) is 4.89. The predicted octanol–water partition coefficient (Wildman–Crippen LogP) is 0.667. The van der Waals surface area contributed by atoms with Crippen LogP contribution in [0.5, 0.6) is 0 Å². The summed E-state index contributed by atoms with van der Waals surface area (Å²) in [5, 5.41) is 8.92. The minimum Gasteiger partial charge on any atom is -0.318 e. The Bertz CT molecular complexity index is 1160. The first-order valence-electron chi connectivity index (χ1n) is 10.3. The number of aromatic nitrogens is 1. The van der Waals surface area contributed by atoms with Gasteiger partial charge in [0, 0.05) is 43.3 Å². The molecule has 1 fully saturated rings. The molecule has 10 heteroatoms. The SMILES string of the molecule is CCC1(C#CC#Cc2cc3n(c2)C(=O)N(CC[C@](C)(C(=O)NO)S(C)(=O)=O)C3)CN(C)C1. The van der Waals surface area contributed by atoms with E-state index in [0.717, 1.165) is 31.5 Å². The Morgan fingerprint density at radius 3 is 2.56 bits per heavy atom. The highest BCUT2D eigenvalue weighted by atomic mass is 32.2. The van der Waals surface area contributed by atoms with E-state index in [1.165, 1.54) is 21.9 Å². The Labute approximate surface area is 188 Å². The molecule has 9 nitrogen and oxygen atoms in total. The zero-order chi connectivity index (χ0) is 23.7. The quantitative estimate of drug-likeness (QED) is 0.367.